The lowest BCUT2D eigenvalue weighted by Gasteiger charge is -2.21. The first kappa shape index (κ1) is 22.9. The number of rotatable bonds is 8. The third-order valence-corrected chi connectivity index (χ3v) is 4.79. The smallest absolute Gasteiger partial charge is 0.191 e. The molecule has 2 aromatic rings. The highest BCUT2D eigenvalue weighted by atomic mass is 127. The largest absolute Gasteiger partial charge is 0.383 e. The minimum absolute atomic E-state index is 0. The number of halogens is 1. The van der Waals surface area contributed by atoms with Crippen molar-refractivity contribution < 1.29 is 9.63 Å². The third-order valence-electron chi connectivity index (χ3n) is 4.11. The molecule has 0 aromatic carbocycles. The first-order valence-corrected chi connectivity index (χ1v) is 9.57. The molecule has 0 radical (unpaired) electrons. The van der Waals surface area contributed by atoms with Gasteiger partial charge in [-0.3, -0.25) is 0 Å². The van der Waals surface area contributed by atoms with Crippen LogP contribution in [0, 0.1) is 13.8 Å². The van der Waals surface area contributed by atoms with Crippen molar-refractivity contribution in [1.82, 2.24) is 15.8 Å². The molecular weight excluding hydrogens is 463 g/mol. The van der Waals surface area contributed by atoms with Crippen molar-refractivity contribution in [2.45, 2.75) is 46.1 Å². The third kappa shape index (κ3) is 6.55. The maximum absolute atomic E-state index is 10.6. The lowest BCUT2D eigenvalue weighted by Crippen LogP contribution is -2.39. The zero-order valence-electron chi connectivity index (χ0n) is 15.8. The predicted molar refractivity (Wildman–Crippen MR) is 118 cm³/mol. The van der Waals surface area contributed by atoms with E-state index in [1.807, 2.05) is 37.6 Å². The van der Waals surface area contributed by atoms with Crippen LogP contribution >= 0.6 is 35.3 Å². The van der Waals surface area contributed by atoms with Crippen molar-refractivity contribution in [3.8, 4) is 0 Å². The number of aromatic nitrogens is 1. The van der Waals surface area contributed by atoms with Gasteiger partial charge in [-0.15, -0.1) is 24.0 Å². The summed E-state index contributed by atoms with van der Waals surface area (Å²) in [5.41, 5.74) is 2.09. The zero-order chi connectivity index (χ0) is 18.3. The number of hydrogen-bond donors (Lipinski definition) is 3. The van der Waals surface area contributed by atoms with Gasteiger partial charge in [-0.2, -0.15) is 11.3 Å². The molecule has 1 unspecified atom stereocenters. The standard InChI is InChI=1S/C18H28N4O2S.HI/c1-5-19-17(21-12-18(4,23)15-8-10-25-11-15)20-9-6-7-16-13(2)22-24-14(16)3;/h8,10-11,23H,5-7,9,12H2,1-4H3,(H2,19,20,21);1H. The molecule has 0 bridgehead atoms. The highest BCUT2D eigenvalue weighted by molar-refractivity contribution is 14.0. The summed E-state index contributed by atoms with van der Waals surface area (Å²) in [5.74, 6) is 1.61. The number of thiophene rings is 1. The van der Waals surface area contributed by atoms with Gasteiger partial charge in [0.15, 0.2) is 5.96 Å². The first-order chi connectivity index (χ1) is 11.9. The lowest BCUT2D eigenvalue weighted by atomic mass is 10.00. The van der Waals surface area contributed by atoms with Crippen molar-refractivity contribution in [3.05, 3.63) is 39.4 Å². The Bertz CT molecular complexity index is 664. The Morgan fingerprint density at radius 3 is 2.73 bits per heavy atom. The van der Waals surface area contributed by atoms with E-state index in [2.05, 4.69) is 20.8 Å². The summed E-state index contributed by atoms with van der Waals surface area (Å²) in [6, 6.07) is 1.93. The molecule has 1 atom stereocenters. The summed E-state index contributed by atoms with van der Waals surface area (Å²) in [4.78, 5) is 4.53. The fraction of sp³-hybridized carbons (Fsp3) is 0.556. The van der Waals surface area contributed by atoms with Gasteiger partial charge in [0.1, 0.15) is 11.4 Å². The van der Waals surface area contributed by atoms with Gasteiger partial charge in [-0.1, -0.05) is 5.16 Å². The van der Waals surface area contributed by atoms with E-state index in [1.165, 1.54) is 5.56 Å². The Morgan fingerprint density at radius 1 is 1.38 bits per heavy atom. The summed E-state index contributed by atoms with van der Waals surface area (Å²) in [7, 11) is 0. The molecule has 0 amide bonds. The van der Waals surface area contributed by atoms with Crippen molar-refractivity contribution in [2.75, 3.05) is 19.6 Å². The Labute approximate surface area is 176 Å². The number of nitrogens with one attached hydrogen (secondary N) is 2. The summed E-state index contributed by atoms with van der Waals surface area (Å²) in [6.07, 6.45) is 1.87. The SMILES string of the molecule is CCNC(=NCC(C)(O)c1ccsc1)NCCCc1c(C)noc1C.I. The van der Waals surface area contributed by atoms with Crippen LogP contribution in [0.2, 0.25) is 0 Å². The van der Waals surface area contributed by atoms with Crippen LogP contribution in [-0.2, 0) is 12.0 Å². The molecular formula is C18H29IN4O2S. The van der Waals surface area contributed by atoms with Gasteiger partial charge in [-0.05, 0) is 62.9 Å². The average Bonchev–Trinajstić information content (AvgIpc) is 3.21. The second-order valence-electron chi connectivity index (χ2n) is 6.31. The van der Waals surface area contributed by atoms with Crippen molar-refractivity contribution in [3.63, 3.8) is 0 Å². The number of nitrogens with zero attached hydrogens (tertiary/aromatic N) is 2. The monoisotopic (exact) mass is 492 g/mol. The molecule has 0 saturated heterocycles. The van der Waals surface area contributed by atoms with E-state index in [0.29, 0.717) is 6.54 Å². The molecule has 2 aromatic heterocycles. The molecule has 3 N–H and O–H groups in total. The van der Waals surface area contributed by atoms with Gasteiger partial charge in [-0.25, -0.2) is 4.99 Å². The van der Waals surface area contributed by atoms with Crippen LogP contribution in [0.3, 0.4) is 0 Å². The van der Waals surface area contributed by atoms with E-state index >= 15 is 0 Å². The molecule has 0 aliphatic rings. The van der Waals surface area contributed by atoms with E-state index in [4.69, 9.17) is 4.52 Å². The summed E-state index contributed by atoms with van der Waals surface area (Å²) in [6.45, 7) is 9.60. The molecule has 2 heterocycles. The first-order valence-electron chi connectivity index (χ1n) is 8.63. The van der Waals surface area contributed by atoms with Crippen molar-refractivity contribution in [1.29, 1.82) is 0 Å². The summed E-state index contributed by atoms with van der Waals surface area (Å²) < 4.78 is 5.19. The maximum atomic E-state index is 10.6. The van der Waals surface area contributed by atoms with Crippen LogP contribution in [0.15, 0.2) is 26.3 Å². The van der Waals surface area contributed by atoms with E-state index in [1.54, 1.807) is 18.3 Å². The minimum atomic E-state index is -0.959. The van der Waals surface area contributed by atoms with Crippen LogP contribution in [0.5, 0.6) is 0 Å². The van der Waals surface area contributed by atoms with Gasteiger partial charge < -0.3 is 20.3 Å². The van der Waals surface area contributed by atoms with Gasteiger partial charge >= 0.3 is 0 Å². The van der Waals surface area contributed by atoms with Gasteiger partial charge in [0, 0.05) is 18.7 Å². The molecule has 0 aliphatic heterocycles. The van der Waals surface area contributed by atoms with Crippen LogP contribution in [-0.4, -0.2) is 35.9 Å². The van der Waals surface area contributed by atoms with Gasteiger partial charge in [0.05, 0.1) is 12.2 Å². The molecule has 26 heavy (non-hydrogen) atoms. The summed E-state index contributed by atoms with van der Waals surface area (Å²) >= 11 is 1.58. The van der Waals surface area contributed by atoms with Crippen molar-refractivity contribution >= 4 is 41.3 Å². The topological polar surface area (TPSA) is 82.7 Å². The Kier molecular flexibility index (Phi) is 9.59. The number of guanidine groups is 1. The second kappa shape index (κ2) is 10.9. The minimum Gasteiger partial charge on any atom is -0.383 e. The number of hydrogen-bond acceptors (Lipinski definition) is 5. The van der Waals surface area contributed by atoms with Crippen LogP contribution in [0.25, 0.3) is 0 Å². The zero-order valence-corrected chi connectivity index (χ0v) is 19.0. The molecule has 0 spiro atoms. The Hall–Kier alpha value is -1.13. The molecule has 8 heteroatoms. The second-order valence-corrected chi connectivity index (χ2v) is 7.09. The van der Waals surface area contributed by atoms with Crippen LogP contribution in [0.4, 0.5) is 0 Å². The quantitative estimate of drug-likeness (QED) is 0.228. The van der Waals surface area contributed by atoms with Gasteiger partial charge in [0.2, 0.25) is 0 Å². The predicted octanol–water partition coefficient (Wildman–Crippen LogP) is 3.37. The van der Waals surface area contributed by atoms with E-state index < -0.39 is 5.60 Å². The van der Waals surface area contributed by atoms with Crippen LogP contribution in [0.1, 0.15) is 42.8 Å². The molecule has 0 aliphatic carbocycles. The highest BCUT2D eigenvalue weighted by Crippen LogP contribution is 2.23. The molecule has 0 fully saturated rings. The number of aliphatic imine (C=N–C) groups is 1. The Balaban J connectivity index is 0.00000338. The van der Waals surface area contributed by atoms with E-state index in [9.17, 15) is 5.11 Å². The van der Waals surface area contributed by atoms with Crippen molar-refractivity contribution in [2.24, 2.45) is 4.99 Å². The highest BCUT2D eigenvalue weighted by Gasteiger charge is 2.23. The average molecular weight is 492 g/mol. The fourth-order valence-corrected chi connectivity index (χ4v) is 3.35. The molecule has 2 rings (SSSR count). The fourth-order valence-electron chi connectivity index (χ4n) is 2.57. The lowest BCUT2D eigenvalue weighted by molar-refractivity contribution is 0.0677. The molecule has 146 valence electrons. The Morgan fingerprint density at radius 2 is 2.15 bits per heavy atom. The van der Waals surface area contributed by atoms with Gasteiger partial charge in [0.25, 0.3) is 0 Å². The maximum Gasteiger partial charge on any atom is 0.191 e. The summed E-state index contributed by atoms with van der Waals surface area (Å²) in [5, 5.41) is 25.0. The van der Waals surface area contributed by atoms with Crippen LogP contribution < -0.4 is 10.6 Å². The number of aryl methyl sites for hydroxylation is 2. The number of aliphatic hydroxyl groups is 1. The molecule has 0 saturated carbocycles. The van der Waals surface area contributed by atoms with E-state index in [-0.39, 0.29) is 24.0 Å². The normalized spacial score (nSPS) is 13.8. The molecule has 6 nitrogen and oxygen atoms in total. The van der Waals surface area contributed by atoms with E-state index in [0.717, 1.165) is 48.9 Å².